The Balaban J connectivity index is 2.34. The lowest BCUT2D eigenvalue weighted by Gasteiger charge is -2.20. The molecule has 0 heterocycles. The maximum Gasteiger partial charge on any atom is 0.243 e. The van der Waals surface area contributed by atoms with Gasteiger partial charge in [-0.05, 0) is 24.3 Å². The van der Waals surface area contributed by atoms with E-state index in [9.17, 15) is 8.42 Å². The number of halogens is 1. The average Bonchev–Trinajstić information content (AvgIpc) is 2.54. The summed E-state index contributed by atoms with van der Waals surface area (Å²) in [6.45, 7) is 0.176. The van der Waals surface area contributed by atoms with E-state index in [-0.39, 0.29) is 11.4 Å². The van der Waals surface area contributed by atoms with Gasteiger partial charge in [-0.25, -0.2) is 8.42 Å². The van der Waals surface area contributed by atoms with Gasteiger partial charge in [-0.1, -0.05) is 34.1 Å². The molecule has 0 N–H and O–H groups in total. The van der Waals surface area contributed by atoms with Crippen LogP contribution in [-0.2, 0) is 16.6 Å². The van der Waals surface area contributed by atoms with Crippen molar-refractivity contribution in [3.63, 3.8) is 0 Å². The second-order valence-corrected chi connectivity index (χ2v) is 7.83. The lowest BCUT2D eigenvalue weighted by molar-refractivity contribution is 0.347. The Labute approximate surface area is 145 Å². The van der Waals surface area contributed by atoms with Crippen LogP contribution in [0.4, 0.5) is 0 Å². The van der Waals surface area contributed by atoms with Crippen molar-refractivity contribution in [1.82, 2.24) is 4.31 Å². The molecule has 124 valence electrons. The van der Waals surface area contributed by atoms with Crippen LogP contribution in [0.25, 0.3) is 0 Å². The molecule has 0 radical (unpaired) electrons. The lowest BCUT2D eigenvalue weighted by atomic mass is 10.2. The van der Waals surface area contributed by atoms with Crippen LogP contribution in [0.1, 0.15) is 5.56 Å². The van der Waals surface area contributed by atoms with Gasteiger partial charge in [0.2, 0.25) is 10.0 Å². The topological polar surface area (TPSA) is 55.8 Å². The van der Waals surface area contributed by atoms with Gasteiger partial charge in [-0.15, -0.1) is 0 Å². The number of nitrogens with zero attached hydrogens (tertiary/aromatic N) is 1. The van der Waals surface area contributed by atoms with E-state index in [0.29, 0.717) is 16.0 Å². The molecular weight excluding hydrogens is 382 g/mol. The molecule has 0 aliphatic rings. The molecule has 0 bridgehead atoms. The molecule has 2 aromatic carbocycles. The predicted molar refractivity (Wildman–Crippen MR) is 92.3 cm³/mol. The molecule has 0 fully saturated rings. The Hall–Kier alpha value is -1.57. The summed E-state index contributed by atoms with van der Waals surface area (Å²) in [5.41, 5.74) is 0.730. The van der Waals surface area contributed by atoms with E-state index in [1.807, 2.05) is 6.07 Å². The number of hydrogen-bond acceptors (Lipinski definition) is 4. The van der Waals surface area contributed by atoms with E-state index in [1.54, 1.807) is 43.5 Å². The zero-order valence-corrected chi connectivity index (χ0v) is 15.5. The molecule has 0 saturated heterocycles. The fourth-order valence-corrected chi connectivity index (χ4v) is 3.96. The molecule has 23 heavy (non-hydrogen) atoms. The van der Waals surface area contributed by atoms with Crippen molar-refractivity contribution in [2.75, 3.05) is 21.3 Å². The number of hydrogen-bond donors (Lipinski definition) is 0. The molecule has 0 saturated carbocycles. The molecule has 0 aliphatic heterocycles. The standard InChI is InChI=1S/C16H18BrNO4S/c1-18(23(19,20)14-8-5-7-13(17)10-14)11-12-6-4-9-15(21-2)16(12)22-3/h4-10H,11H2,1-3H3. The SMILES string of the molecule is COc1cccc(CN(C)S(=O)(=O)c2cccc(Br)c2)c1OC. The van der Waals surface area contributed by atoms with Gasteiger partial charge in [0.15, 0.2) is 11.5 Å². The molecule has 2 rings (SSSR count). The van der Waals surface area contributed by atoms with Crippen LogP contribution in [0.2, 0.25) is 0 Å². The second kappa shape index (κ2) is 7.33. The first-order valence-electron chi connectivity index (χ1n) is 6.82. The van der Waals surface area contributed by atoms with E-state index in [4.69, 9.17) is 9.47 Å². The molecule has 0 aromatic heterocycles. The Morgan fingerprint density at radius 3 is 2.39 bits per heavy atom. The Morgan fingerprint density at radius 2 is 1.78 bits per heavy atom. The minimum Gasteiger partial charge on any atom is -0.493 e. The summed E-state index contributed by atoms with van der Waals surface area (Å²) in [5, 5.41) is 0. The van der Waals surface area contributed by atoms with Crippen LogP contribution >= 0.6 is 15.9 Å². The van der Waals surface area contributed by atoms with Gasteiger partial charge in [-0.3, -0.25) is 0 Å². The first-order chi connectivity index (χ1) is 10.9. The summed E-state index contributed by atoms with van der Waals surface area (Å²) in [5.74, 6) is 1.10. The van der Waals surface area contributed by atoms with E-state index in [1.165, 1.54) is 18.5 Å². The van der Waals surface area contributed by atoms with Crippen LogP contribution in [0.5, 0.6) is 11.5 Å². The molecule has 0 aliphatic carbocycles. The van der Waals surface area contributed by atoms with E-state index in [2.05, 4.69) is 15.9 Å². The summed E-state index contributed by atoms with van der Waals surface area (Å²) in [6, 6.07) is 12.0. The van der Waals surface area contributed by atoms with E-state index in [0.717, 1.165) is 5.56 Å². The molecule has 7 heteroatoms. The highest BCUT2D eigenvalue weighted by atomic mass is 79.9. The van der Waals surface area contributed by atoms with Gasteiger partial charge in [0, 0.05) is 23.6 Å². The van der Waals surface area contributed by atoms with Crippen LogP contribution in [0.15, 0.2) is 51.8 Å². The third-order valence-electron chi connectivity index (χ3n) is 3.38. The molecule has 0 unspecified atom stereocenters. The maximum absolute atomic E-state index is 12.7. The number of benzene rings is 2. The van der Waals surface area contributed by atoms with Crippen LogP contribution in [0, 0.1) is 0 Å². The monoisotopic (exact) mass is 399 g/mol. The minimum atomic E-state index is -3.60. The molecule has 0 atom stereocenters. The quantitative estimate of drug-likeness (QED) is 0.747. The van der Waals surface area contributed by atoms with Crippen molar-refractivity contribution >= 4 is 26.0 Å². The second-order valence-electron chi connectivity index (χ2n) is 4.87. The Kier molecular flexibility index (Phi) is 5.67. The Bertz CT molecular complexity index is 792. The number of para-hydroxylation sites is 1. The first-order valence-corrected chi connectivity index (χ1v) is 9.05. The summed E-state index contributed by atoms with van der Waals surface area (Å²) in [6.07, 6.45) is 0. The fraction of sp³-hybridized carbons (Fsp3) is 0.250. The number of methoxy groups -OCH3 is 2. The molecule has 5 nitrogen and oxygen atoms in total. The third kappa shape index (κ3) is 3.85. The van der Waals surface area contributed by atoms with Crippen molar-refractivity contribution < 1.29 is 17.9 Å². The number of sulfonamides is 1. The summed E-state index contributed by atoms with van der Waals surface area (Å²) in [4.78, 5) is 0.233. The van der Waals surface area contributed by atoms with Gasteiger partial charge in [0.1, 0.15) is 0 Å². The largest absolute Gasteiger partial charge is 0.493 e. The molecule has 2 aromatic rings. The van der Waals surface area contributed by atoms with Crippen LogP contribution in [-0.4, -0.2) is 34.0 Å². The highest BCUT2D eigenvalue weighted by molar-refractivity contribution is 9.10. The zero-order chi connectivity index (χ0) is 17.0. The van der Waals surface area contributed by atoms with Crippen LogP contribution in [0.3, 0.4) is 0 Å². The van der Waals surface area contributed by atoms with Gasteiger partial charge in [0.25, 0.3) is 0 Å². The van der Waals surface area contributed by atoms with Gasteiger partial charge in [0.05, 0.1) is 19.1 Å². The smallest absolute Gasteiger partial charge is 0.243 e. The molecular formula is C16H18BrNO4S. The van der Waals surface area contributed by atoms with Crippen molar-refractivity contribution in [2.45, 2.75) is 11.4 Å². The van der Waals surface area contributed by atoms with Crippen molar-refractivity contribution in [3.05, 3.63) is 52.5 Å². The maximum atomic E-state index is 12.7. The van der Waals surface area contributed by atoms with Crippen molar-refractivity contribution in [3.8, 4) is 11.5 Å². The van der Waals surface area contributed by atoms with E-state index < -0.39 is 10.0 Å². The first kappa shape index (κ1) is 17.8. The molecule has 0 amide bonds. The Morgan fingerprint density at radius 1 is 1.09 bits per heavy atom. The highest BCUT2D eigenvalue weighted by Gasteiger charge is 2.23. The zero-order valence-electron chi connectivity index (χ0n) is 13.1. The average molecular weight is 400 g/mol. The minimum absolute atomic E-state index is 0.176. The summed E-state index contributed by atoms with van der Waals surface area (Å²) < 4.78 is 37.9. The number of rotatable bonds is 6. The van der Waals surface area contributed by atoms with Crippen molar-refractivity contribution in [1.29, 1.82) is 0 Å². The van der Waals surface area contributed by atoms with Gasteiger partial charge in [-0.2, -0.15) is 4.31 Å². The fourth-order valence-electron chi connectivity index (χ4n) is 2.21. The summed E-state index contributed by atoms with van der Waals surface area (Å²) >= 11 is 3.29. The summed E-state index contributed by atoms with van der Waals surface area (Å²) in [7, 11) is 1.02. The molecule has 0 spiro atoms. The lowest BCUT2D eigenvalue weighted by Crippen LogP contribution is -2.26. The predicted octanol–water partition coefficient (Wildman–Crippen LogP) is 3.29. The van der Waals surface area contributed by atoms with E-state index >= 15 is 0 Å². The third-order valence-corrected chi connectivity index (χ3v) is 5.67. The number of ether oxygens (including phenoxy) is 2. The van der Waals surface area contributed by atoms with Gasteiger partial charge < -0.3 is 9.47 Å². The highest BCUT2D eigenvalue weighted by Crippen LogP contribution is 2.32. The normalized spacial score (nSPS) is 11.5. The van der Waals surface area contributed by atoms with Gasteiger partial charge >= 0.3 is 0 Å². The van der Waals surface area contributed by atoms with Crippen molar-refractivity contribution in [2.24, 2.45) is 0 Å². The van der Waals surface area contributed by atoms with Crippen LogP contribution < -0.4 is 9.47 Å².